The largest absolute Gasteiger partial charge is 0.409 e. The first-order valence-corrected chi connectivity index (χ1v) is 7.14. The van der Waals surface area contributed by atoms with Crippen molar-refractivity contribution in [3.8, 4) is 0 Å². The molecular formula is C13H15BrFN5O2. The van der Waals surface area contributed by atoms with E-state index in [1.165, 1.54) is 18.2 Å². The van der Waals surface area contributed by atoms with E-state index in [9.17, 15) is 9.60 Å². The summed E-state index contributed by atoms with van der Waals surface area (Å²) >= 11 is 3.08. The number of halogens is 2. The van der Waals surface area contributed by atoms with Gasteiger partial charge >= 0.3 is 0 Å². The molecule has 0 fully saturated rings. The fraction of sp³-hybridized carbons (Fsp3) is 0.308. The maximum absolute atomic E-state index is 13.2. The Kier molecular flexibility index (Phi) is 4.65. The molecule has 118 valence electrons. The van der Waals surface area contributed by atoms with Crippen LogP contribution in [0.1, 0.15) is 26.5 Å². The van der Waals surface area contributed by atoms with Gasteiger partial charge in [0.2, 0.25) is 11.7 Å². The molecule has 1 aromatic carbocycles. The lowest BCUT2D eigenvalue weighted by Crippen LogP contribution is -2.28. The third kappa shape index (κ3) is 3.94. The third-order valence-corrected chi connectivity index (χ3v) is 3.10. The first-order valence-electron chi connectivity index (χ1n) is 6.35. The van der Waals surface area contributed by atoms with Crippen LogP contribution in [0.3, 0.4) is 0 Å². The number of nitrogens with one attached hydrogen (secondary N) is 2. The molecule has 0 radical (unpaired) electrons. The van der Waals surface area contributed by atoms with Gasteiger partial charge in [0.15, 0.2) is 5.69 Å². The lowest BCUT2D eigenvalue weighted by atomic mass is 10.1. The summed E-state index contributed by atoms with van der Waals surface area (Å²) < 4.78 is 18.2. The fourth-order valence-electron chi connectivity index (χ4n) is 1.62. The van der Waals surface area contributed by atoms with Gasteiger partial charge in [0, 0.05) is 11.2 Å². The number of oxime groups is 1. The van der Waals surface area contributed by atoms with E-state index >= 15 is 0 Å². The number of amidine groups is 1. The van der Waals surface area contributed by atoms with E-state index < -0.39 is 5.82 Å². The third-order valence-electron chi connectivity index (χ3n) is 2.49. The molecule has 0 aliphatic carbocycles. The highest BCUT2D eigenvalue weighted by Crippen LogP contribution is 2.22. The summed E-state index contributed by atoms with van der Waals surface area (Å²) in [5.41, 5.74) is 0.427. The molecule has 9 heteroatoms. The Bertz CT molecular complexity index is 696. The van der Waals surface area contributed by atoms with E-state index in [1.807, 2.05) is 20.8 Å². The number of anilines is 2. The molecule has 0 unspecified atom stereocenters. The van der Waals surface area contributed by atoms with Crippen LogP contribution in [-0.4, -0.2) is 26.9 Å². The Balaban J connectivity index is 2.26. The van der Waals surface area contributed by atoms with Crippen molar-refractivity contribution in [2.24, 2.45) is 5.16 Å². The van der Waals surface area contributed by atoms with Crippen molar-refractivity contribution in [3.05, 3.63) is 34.2 Å². The second-order valence-corrected chi connectivity index (χ2v) is 6.39. The second-order valence-electron chi connectivity index (χ2n) is 5.54. The van der Waals surface area contributed by atoms with Gasteiger partial charge in [-0.25, -0.2) is 9.02 Å². The van der Waals surface area contributed by atoms with Gasteiger partial charge in [0.05, 0.1) is 4.47 Å². The van der Waals surface area contributed by atoms with Gasteiger partial charge in [-0.1, -0.05) is 5.16 Å². The summed E-state index contributed by atoms with van der Waals surface area (Å²) in [5, 5.41) is 25.7. The van der Waals surface area contributed by atoms with Gasteiger partial charge in [0.1, 0.15) is 5.82 Å². The molecular weight excluding hydrogens is 357 g/mol. The maximum atomic E-state index is 13.2. The molecule has 3 N–H and O–H groups in total. The predicted molar refractivity (Wildman–Crippen MR) is 83.7 cm³/mol. The van der Waals surface area contributed by atoms with Crippen LogP contribution in [0, 0.1) is 5.82 Å². The Hall–Kier alpha value is -2.16. The van der Waals surface area contributed by atoms with Crippen molar-refractivity contribution in [1.29, 1.82) is 0 Å². The monoisotopic (exact) mass is 371 g/mol. The van der Waals surface area contributed by atoms with E-state index in [-0.39, 0.29) is 21.5 Å². The van der Waals surface area contributed by atoms with Crippen LogP contribution in [0.25, 0.3) is 0 Å². The van der Waals surface area contributed by atoms with Crippen molar-refractivity contribution in [3.63, 3.8) is 0 Å². The van der Waals surface area contributed by atoms with E-state index in [4.69, 9.17) is 4.63 Å². The molecule has 1 aromatic heterocycles. The standard InChI is InChI=1S/C13H15BrFN5O2/c1-13(2,3)17-12-10(19-22-20-12)11(18-21)16-7-4-5-9(15)8(14)6-7/h4-6,21H,1-3H3,(H,16,18)(H,17,20). The van der Waals surface area contributed by atoms with Crippen LogP contribution in [0.15, 0.2) is 32.5 Å². The Morgan fingerprint density at radius 2 is 2.09 bits per heavy atom. The van der Waals surface area contributed by atoms with Gasteiger partial charge in [-0.3, -0.25) is 0 Å². The minimum atomic E-state index is -0.397. The molecule has 0 amide bonds. The van der Waals surface area contributed by atoms with Crippen LogP contribution in [-0.2, 0) is 0 Å². The zero-order chi connectivity index (χ0) is 16.3. The molecule has 1 heterocycles. The van der Waals surface area contributed by atoms with Crippen molar-refractivity contribution >= 4 is 33.3 Å². The van der Waals surface area contributed by atoms with E-state index in [1.54, 1.807) is 0 Å². The molecule has 0 bridgehead atoms. The van der Waals surface area contributed by atoms with Gasteiger partial charge in [-0.15, -0.1) is 0 Å². The van der Waals surface area contributed by atoms with Crippen LogP contribution >= 0.6 is 15.9 Å². The smallest absolute Gasteiger partial charge is 0.203 e. The van der Waals surface area contributed by atoms with Crippen molar-refractivity contribution in [2.45, 2.75) is 26.3 Å². The molecule has 0 spiro atoms. The van der Waals surface area contributed by atoms with E-state index in [0.717, 1.165) is 0 Å². The Morgan fingerprint density at radius 1 is 1.36 bits per heavy atom. The average Bonchev–Trinajstić information content (AvgIpc) is 2.86. The van der Waals surface area contributed by atoms with Crippen molar-refractivity contribution in [2.75, 3.05) is 10.6 Å². The second kappa shape index (κ2) is 6.30. The zero-order valence-electron chi connectivity index (χ0n) is 12.2. The van der Waals surface area contributed by atoms with E-state index in [0.29, 0.717) is 11.5 Å². The van der Waals surface area contributed by atoms with Gasteiger partial charge < -0.3 is 15.8 Å². The molecule has 7 nitrogen and oxygen atoms in total. The van der Waals surface area contributed by atoms with Gasteiger partial charge in [0.25, 0.3) is 0 Å². The summed E-state index contributed by atoms with van der Waals surface area (Å²) in [6.45, 7) is 5.81. The zero-order valence-corrected chi connectivity index (χ0v) is 13.8. The quantitative estimate of drug-likeness (QED) is 0.331. The first kappa shape index (κ1) is 16.2. The molecule has 0 saturated carbocycles. The minimum Gasteiger partial charge on any atom is -0.409 e. The summed E-state index contributed by atoms with van der Waals surface area (Å²) in [5.74, 6) is -0.0493. The summed E-state index contributed by atoms with van der Waals surface area (Å²) in [7, 11) is 0. The lowest BCUT2D eigenvalue weighted by molar-refractivity contribution is 0.304. The fourth-order valence-corrected chi connectivity index (χ4v) is 2.00. The number of benzene rings is 1. The first-order chi connectivity index (χ1) is 10.3. The highest BCUT2D eigenvalue weighted by Gasteiger charge is 2.21. The summed E-state index contributed by atoms with van der Waals surface area (Å²) in [4.78, 5) is 0. The highest BCUT2D eigenvalue weighted by molar-refractivity contribution is 9.10. The maximum Gasteiger partial charge on any atom is 0.203 e. The summed E-state index contributed by atoms with van der Waals surface area (Å²) in [6, 6.07) is 4.28. The molecule has 0 aliphatic rings. The molecule has 0 atom stereocenters. The number of hydrogen-bond acceptors (Lipinski definition) is 6. The van der Waals surface area contributed by atoms with Crippen LogP contribution in [0.2, 0.25) is 0 Å². The molecule has 0 aliphatic heterocycles. The lowest BCUT2D eigenvalue weighted by Gasteiger charge is -2.20. The van der Waals surface area contributed by atoms with Gasteiger partial charge in [-0.05, 0) is 65.2 Å². The molecule has 22 heavy (non-hydrogen) atoms. The predicted octanol–water partition coefficient (Wildman–Crippen LogP) is 3.43. The Labute approximate surface area is 134 Å². The highest BCUT2D eigenvalue weighted by atomic mass is 79.9. The van der Waals surface area contributed by atoms with Crippen LogP contribution in [0.4, 0.5) is 15.9 Å². The summed E-state index contributed by atoms with van der Waals surface area (Å²) in [6.07, 6.45) is 0. The topological polar surface area (TPSA) is 95.6 Å². The number of nitrogens with zero attached hydrogens (tertiary/aromatic N) is 3. The van der Waals surface area contributed by atoms with Crippen LogP contribution in [0.5, 0.6) is 0 Å². The van der Waals surface area contributed by atoms with Gasteiger partial charge in [-0.2, -0.15) is 0 Å². The molecule has 2 aromatic rings. The minimum absolute atomic E-state index is 0.0199. The number of aromatic nitrogens is 2. The normalized spacial score (nSPS) is 12.3. The SMILES string of the molecule is CC(C)(C)Nc1nonc1/C(=N/O)Nc1ccc(F)c(Br)c1. The molecule has 0 saturated heterocycles. The van der Waals surface area contributed by atoms with Crippen LogP contribution < -0.4 is 10.6 Å². The van der Waals surface area contributed by atoms with Crippen molar-refractivity contribution in [1.82, 2.24) is 10.3 Å². The van der Waals surface area contributed by atoms with E-state index in [2.05, 4.69) is 42.0 Å². The average molecular weight is 372 g/mol. The molecule has 2 rings (SSSR count). The number of hydrogen-bond donors (Lipinski definition) is 3. The Morgan fingerprint density at radius 3 is 2.68 bits per heavy atom. The number of rotatable bonds is 3. The van der Waals surface area contributed by atoms with Crippen molar-refractivity contribution < 1.29 is 14.2 Å².